The number of carbonyl (C=O) groups excluding carboxylic acids is 1. The molecule has 3 nitrogen and oxygen atoms in total. The first-order chi connectivity index (χ1) is 14.7. The van der Waals surface area contributed by atoms with Crippen LogP contribution < -0.4 is 0 Å². The number of carboxylic acids is 1. The van der Waals surface area contributed by atoms with Gasteiger partial charge in [0.15, 0.2) is 5.78 Å². The molecule has 0 spiro atoms. The Morgan fingerprint density at radius 2 is 1.58 bits per heavy atom. The monoisotopic (exact) mass is 416 g/mol. The molecule has 0 radical (unpaired) electrons. The second-order valence-electron chi connectivity index (χ2n) is 9.24. The number of ketones is 1. The van der Waals surface area contributed by atoms with E-state index in [-0.39, 0.29) is 16.8 Å². The van der Waals surface area contributed by atoms with Gasteiger partial charge < -0.3 is 5.11 Å². The molecule has 0 fully saturated rings. The Balaban J connectivity index is 2.11. The standard InChI is InChI=1S/C28H32O3/c1-6-19(17-28(4,5)7-2)21-15-14-18(3)24(16-21)26(29)22-12-8-10-20-11-9-13-23(25(20)22)27(30)31/h8-16,19H,6-7,17H2,1-5H3,(H,30,31). The van der Waals surface area contributed by atoms with Crippen molar-refractivity contribution in [1.82, 2.24) is 0 Å². The van der Waals surface area contributed by atoms with E-state index >= 15 is 0 Å². The first-order valence-electron chi connectivity index (χ1n) is 11.1. The van der Waals surface area contributed by atoms with Crippen LogP contribution in [0.2, 0.25) is 0 Å². The minimum atomic E-state index is -1.02. The maximum absolute atomic E-state index is 13.7. The summed E-state index contributed by atoms with van der Waals surface area (Å²) in [6.45, 7) is 10.9. The molecule has 0 bridgehead atoms. The zero-order chi connectivity index (χ0) is 22.8. The summed E-state index contributed by atoms with van der Waals surface area (Å²) in [6, 6.07) is 16.7. The molecule has 3 aromatic rings. The van der Waals surface area contributed by atoms with E-state index in [0.717, 1.165) is 30.2 Å². The van der Waals surface area contributed by atoms with Gasteiger partial charge in [0, 0.05) is 16.5 Å². The van der Waals surface area contributed by atoms with Gasteiger partial charge in [-0.2, -0.15) is 0 Å². The number of hydrogen-bond acceptors (Lipinski definition) is 2. The van der Waals surface area contributed by atoms with Crippen molar-refractivity contribution in [2.75, 3.05) is 0 Å². The van der Waals surface area contributed by atoms with Crippen LogP contribution in [0.15, 0.2) is 54.6 Å². The summed E-state index contributed by atoms with van der Waals surface area (Å²) in [5, 5.41) is 10.9. The number of fused-ring (bicyclic) bond motifs is 1. The number of aryl methyl sites for hydroxylation is 1. The topological polar surface area (TPSA) is 54.4 Å². The van der Waals surface area contributed by atoms with Crippen LogP contribution in [0.5, 0.6) is 0 Å². The minimum absolute atomic E-state index is 0.122. The normalized spacial score (nSPS) is 12.7. The van der Waals surface area contributed by atoms with Gasteiger partial charge in [-0.15, -0.1) is 0 Å². The van der Waals surface area contributed by atoms with E-state index < -0.39 is 5.97 Å². The van der Waals surface area contributed by atoms with E-state index in [9.17, 15) is 14.7 Å². The summed E-state index contributed by atoms with van der Waals surface area (Å²) in [5.41, 5.74) is 3.57. The summed E-state index contributed by atoms with van der Waals surface area (Å²) in [7, 11) is 0. The largest absolute Gasteiger partial charge is 0.478 e. The molecular formula is C28H32O3. The second-order valence-corrected chi connectivity index (χ2v) is 9.24. The molecule has 162 valence electrons. The third kappa shape index (κ3) is 4.71. The van der Waals surface area contributed by atoms with E-state index in [0.29, 0.717) is 22.4 Å². The van der Waals surface area contributed by atoms with Crippen molar-refractivity contribution in [2.24, 2.45) is 5.41 Å². The van der Waals surface area contributed by atoms with Gasteiger partial charge >= 0.3 is 5.97 Å². The van der Waals surface area contributed by atoms with Crippen molar-refractivity contribution in [2.45, 2.75) is 59.8 Å². The van der Waals surface area contributed by atoms with Gasteiger partial charge in [0.2, 0.25) is 0 Å². The number of rotatable bonds is 8. The average Bonchev–Trinajstić information content (AvgIpc) is 2.76. The van der Waals surface area contributed by atoms with Crippen molar-refractivity contribution in [3.05, 3.63) is 82.4 Å². The zero-order valence-corrected chi connectivity index (χ0v) is 19.2. The molecule has 0 saturated heterocycles. The summed E-state index contributed by atoms with van der Waals surface area (Å²) in [6.07, 6.45) is 3.18. The molecule has 0 aromatic heterocycles. The van der Waals surface area contributed by atoms with E-state index in [1.807, 2.05) is 37.3 Å². The third-order valence-electron chi connectivity index (χ3n) is 6.61. The molecule has 0 saturated carbocycles. The molecular weight excluding hydrogens is 384 g/mol. The lowest BCUT2D eigenvalue weighted by atomic mass is 9.76. The van der Waals surface area contributed by atoms with E-state index in [1.165, 1.54) is 5.56 Å². The van der Waals surface area contributed by atoms with Crippen molar-refractivity contribution in [1.29, 1.82) is 0 Å². The number of carbonyl (C=O) groups is 2. The highest BCUT2D eigenvalue weighted by molar-refractivity contribution is 6.20. The van der Waals surface area contributed by atoms with Gasteiger partial charge in [-0.05, 0) is 59.7 Å². The fourth-order valence-electron chi connectivity index (χ4n) is 4.30. The lowest BCUT2D eigenvalue weighted by Gasteiger charge is -2.29. The summed E-state index contributed by atoms with van der Waals surface area (Å²) in [4.78, 5) is 25.5. The van der Waals surface area contributed by atoms with Crippen molar-refractivity contribution in [3.63, 3.8) is 0 Å². The fraction of sp³-hybridized carbons (Fsp3) is 0.357. The third-order valence-corrected chi connectivity index (χ3v) is 6.61. The van der Waals surface area contributed by atoms with Crippen molar-refractivity contribution < 1.29 is 14.7 Å². The Bertz CT molecular complexity index is 1120. The van der Waals surface area contributed by atoms with Gasteiger partial charge in [0.05, 0.1) is 5.56 Å². The highest BCUT2D eigenvalue weighted by Crippen LogP contribution is 2.37. The zero-order valence-electron chi connectivity index (χ0n) is 19.2. The van der Waals surface area contributed by atoms with E-state index in [4.69, 9.17) is 0 Å². The molecule has 3 heteroatoms. The average molecular weight is 417 g/mol. The van der Waals surface area contributed by atoms with Crippen molar-refractivity contribution >= 4 is 22.5 Å². The summed E-state index contributed by atoms with van der Waals surface area (Å²) < 4.78 is 0. The van der Waals surface area contributed by atoms with Gasteiger partial charge in [-0.3, -0.25) is 4.79 Å². The Kier molecular flexibility index (Phi) is 6.64. The van der Waals surface area contributed by atoms with Gasteiger partial charge in [-0.25, -0.2) is 4.79 Å². The molecule has 31 heavy (non-hydrogen) atoms. The summed E-state index contributed by atoms with van der Waals surface area (Å²) >= 11 is 0. The number of aromatic carboxylic acids is 1. The molecule has 0 aliphatic heterocycles. The van der Waals surface area contributed by atoms with Crippen molar-refractivity contribution in [3.8, 4) is 0 Å². The highest BCUT2D eigenvalue weighted by atomic mass is 16.4. The molecule has 0 aliphatic rings. The van der Waals surface area contributed by atoms with E-state index in [1.54, 1.807) is 18.2 Å². The van der Waals surface area contributed by atoms with Crippen LogP contribution in [-0.4, -0.2) is 16.9 Å². The summed E-state index contributed by atoms with van der Waals surface area (Å²) in [5.74, 6) is -0.767. The van der Waals surface area contributed by atoms with Crippen LogP contribution in [-0.2, 0) is 0 Å². The predicted octanol–water partition coefficient (Wildman–Crippen LogP) is 7.40. The molecule has 3 rings (SSSR count). The first kappa shape index (κ1) is 22.7. The quantitative estimate of drug-likeness (QED) is 0.389. The van der Waals surface area contributed by atoms with Crippen LogP contribution >= 0.6 is 0 Å². The molecule has 1 N–H and O–H groups in total. The molecule has 0 amide bonds. The lowest BCUT2D eigenvalue weighted by Crippen LogP contribution is -2.15. The van der Waals surface area contributed by atoms with Crippen LogP contribution in [0.1, 0.15) is 90.3 Å². The van der Waals surface area contributed by atoms with Crippen LogP contribution in [0.4, 0.5) is 0 Å². The maximum Gasteiger partial charge on any atom is 0.336 e. The Hall–Kier alpha value is -2.94. The first-order valence-corrected chi connectivity index (χ1v) is 11.1. The van der Waals surface area contributed by atoms with Gasteiger partial charge in [0.1, 0.15) is 0 Å². The van der Waals surface area contributed by atoms with Crippen LogP contribution in [0, 0.1) is 12.3 Å². The maximum atomic E-state index is 13.7. The number of hydrogen-bond donors (Lipinski definition) is 1. The van der Waals surface area contributed by atoms with Crippen LogP contribution in [0.25, 0.3) is 10.8 Å². The Morgan fingerprint density at radius 3 is 2.16 bits per heavy atom. The molecule has 0 heterocycles. The highest BCUT2D eigenvalue weighted by Gasteiger charge is 2.24. The van der Waals surface area contributed by atoms with Crippen LogP contribution in [0.3, 0.4) is 0 Å². The molecule has 1 atom stereocenters. The van der Waals surface area contributed by atoms with E-state index in [2.05, 4.69) is 33.8 Å². The SMILES string of the molecule is CCC(CC(C)(C)CC)c1ccc(C)c(C(=O)c2cccc3cccc(C(=O)O)c23)c1. The molecule has 3 aromatic carbocycles. The lowest BCUT2D eigenvalue weighted by molar-refractivity contribution is 0.0699. The molecule has 0 aliphatic carbocycles. The Morgan fingerprint density at radius 1 is 0.935 bits per heavy atom. The minimum Gasteiger partial charge on any atom is -0.478 e. The number of benzene rings is 3. The molecule has 1 unspecified atom stereocenters. The second kappa shape index (κ2) is 9.05. The predicted molar refractivity (Wildman–Crippen MR) is 127 cm³/mol. The Labute approximate surface area is 185 Å². The number of carboxylic acid groups (broad SMARTS) is 1. The van der Waals surface area contributed by atoms with Gasteiger partial charge in [0.25, 0.3) is 0 Å². The van der Waals surface area contributed by atoms with Gasteiger partial charge in [-0.1, -0.05) is 76.6 Å². The fourth-order valence-corrected chi connectivity index (χ4v) is 4.30. The smallest absolute Gasteiger partial charge is 0.336 e.